The van der Waals surface area contributed by atoms with Crippen molar-refractivity contribution in [2.75, 3.05) is 12.4 Å². The van der Waals surface area contributed by atoms with Crippen LogP contribution in [0.15, 0.2) is 71.7 Å². The van der Waals surface area contributed by atoms with E-state index in [1.807, 2.05) is 0 Å². The fraction of sp³-hybridized carbons (Fsp3) is 0.167. The van der Waals surface area contributed by atoms with Crippen molar-refractivity contribution in [2.45, 2.75) is 19.1 Å². The van der Waals surface area contributed by atoms with Crippen LogP contribution in [0, 0.1) is 5.82 Å². The van der Waals surface area contributed by atoms with Crippen molar-refractivity contribution in [3.63, 3.8) is 0 Å². The van der Waals surface area contributed by atoms with Gasteiger partial charge in [0.25, 0.3) is 5.56 Å². The van der Waals surface area contributed by atoms with E-state index in [0.717, 1.165) is 12.1 Å². The van der Waals surface area contributed by atoms with Gasteiger partial charge in [-0.2, -0.15) is 13.2 Å². The summed E-state index contributed by atoms with van der Waals surface area (Å²) in [6.07, 6.45) is -3.09. The molecule has 1 N–H and O–H groups in total. The fourth-order valence-electron chi connectivity index (χ4n) is 3.49. The fourth-order valence-corrected chi connectivity index (χ4v) is 3.49. The maximum Gasteiger partial charge on any atom is 0.416 e. The summed E-state index contributed by atoms with van der Waals surface area (Å²) in [6.45, 7) is 1.60. The molecule has 11 heteroatoms. The molecule has 2 aromatic heterocycles. The first-order valence-electron chi connectivity index (χ1n) is 10.4. The smallest absolute Gasteiger partial charge is 0.318 e. The van der Waals surface area contributed by atoms with Crippen LogP contribution < -0.4 is 10.9 Å². The summed E-state index contributed by atoms with van der Waals surface area (Å²) in [6, 6.07) is 11.0. The molecule has 2 heterocycles. The summed E-state index contributed by atoms with van der Waals surface area (Å²) in [5.41, 5.74) is -0.942. The van der Waals surface area contributed by atoms with E-state index in [9.17, 15) is 27.2 Å². The SMILES string of the molecule is CC(c1nc2ncccc2c(=O)n1-c1ccc(F)cc1)N(C)C(=O)Nc1cccc(C(F)(F)F)c1. The zero-order valence-electron chi connectivity index (χ0n) is 18.5. The standard InChI is InChI=1S/C24H19F4N5O2/c1-14(32(2)23(35)30-17-6-3-5-15(13-17)24(26,27)28)21-31-20-19(7-4-12-29-20)22(34)33(21)18-10-8-16(25)9-11-18/h3-14H,1-2H3,(H,30,35). The maximum atomic E-state index is 13.5. The second-order valence-electron chi connectivity index (χ2n) is 7.76. The van der Waals surface area contributed by atoms with E-state index in [4.69, 9.17) is 0 Å². The Kier molecular flexibility index (Phi) is 6.25. The lowest BCUT2D eigenvalue weighted by atomic mass is 10.2. The van der Waals surface area contributed by atoms with Crippen molar-refractivity contribution in [1.29, 1.82) is 0 Å². The van der Waals surface area contributed by atoms with Gasteiger partial charge in [0.1, 0.15) is 11.6 Å². The second-order valence-corrected chi connectivity index (χ2v) is 7.76. The quantitative estimate of drug-likeness (QED) is 0.405. The number of amides is 2. The summed E-state index contributed by atoms with van der Waals surface area (Å²) >= 11 is 0. The Labute approximate surface area is 196 Å². The van der Waals surface area contributed by atoms with Gasteiger partial charge in [-0.1, -0.05) is 6.07 Å². The molecular formula is C24H19F4N5O2. The molecule has 2 amide bonds. The lowest BCUT2D eigenvalue weighted by Crippen LogP contribution is -2.37. The molecule has 4 aromatic rings. The number of alkyl halides is 3. The molecule has 2 aromatic carbocycles. The number of pyridine rings is 1. The van der Waals surface area contributed by atoms with Crippen molar-refractivity contribution in [2.24, 2.45) is 0 Å². The second kappa shape index (κ2) is 9.16. The number of hydrogen-bond donors (Lipinski definition) is 1. The van der Waals surface area contributed by atoms with Crippen molar-refractivity contribution in [3.05, 3.63) is 94.4 Å². The number of aromatic nitrogens is 3. The third-order valence-electron chi connectivity index (χ3n) is 5.47. The van der Waals surface area contributed by atoms with Gasteiger partial charge in [-0.05, 0) is 61.5 Å². The van der Waals surface area contributed by atoms with Gasteiger partial charge in [-0.25, -0.2) is 19.2 Å². The number of carbonyl (C=O) groups is 1. The third kappa shape index (κ3) is 4.84. The Bertz CT molecular complexity index is 1450. The monoisotopic (exact) mass is 485 g/mol. The van der Waals surface area contributed by atoms with Crippen LogP contribution in [0.2, 0.25) is 0 Å². The molecule has 35 heavy (non-hydrogen) atoms. The van der Waals surface area contributed by atoms with Crippen LogP contribution in [-0.4, -0.2) is 32.5 Å². The number of nitrogens with one attached hydrogen (secondary N) is 1. The Hall–Kier alpha value is -4.28. The molecule has 0 saturated heterocycles. The number of urea groups is 1. The molecule has 0 saturated carbocycles. The van der Waals surface area contributed by atoms with Crippen molar-refractivity contribution in [3.8, 4) is 5.69 Å². The summed E-state index contributed by atoms with van der Waals surface area (Å²) < 4.78 is 53.8. The summed E-state index contributed by atoms with van der Waals surface area (Å²) in [4.78, 5) is 36.0. The van der Waals surface area contributed by atoms with Crippen molar-refractivity contribution in [1.82, 2.24) is 19.4 Å². The minimum absolute atomic E-state index is 0.0482. The lowest BCUT2D eigenvalue weighted by Gasteiger charge is -2.27. The van der Waals surface area contributed by atoms with Gasteiger partial charge in [-0.15, -0.1) is 0 Å². The number of fused-ring (bicyclic) bond motifs is 1. The molecule has 0 spiro atoms. The predicted molar refractivity (Wildman–Crippen MR) is 122 cm³/mol. The number of benzene rings is 2. The Morgan fingerprint density at radius 2 is 1.80 bits per heavy atom. The van der Waals surface area contributed by atoms with E-state index in [-0.39, 0.29) is 22.5 Å². The lowest BCUT2D eigenvalue weighted by molar-refractivity contribution is -0.137. The molecule has 0 bridgehead atoms. The van der Waals surface area contributed by atoms with Crippen LogP contribution in [0.5, 0.6) is 0 Å². The average Bonchev–Trinajstić information content (AvgIpc) is 2.83. The Morgan fingerprint density at radius 3 is 2.49 bits per heavy atom. The van der Waals surface area contributed by atoms with Crippen LogP contribution in [0.3, 0.4) is 0 Å². The highest BCUT2D eigenvalue weighted by Gasteiger charge is 2.31. The third-order valence-corrected chi connectivity index (χ3v) is 5.47. The zero-order valence-corrected chi connectivity index (χ0v) is 18.5. The van der Waals surface area contributed by atoms with E-state index >= 15 is 0 Å². The first-order chi connectivity index (χ1) is 16.6. The van der Waals surface area contributed by atoms with Gasteiger partial charge in [-0.3, -0.25) is 9.36 Å². The molecule has 0 aliphatic heterocycles. The van der Waals surface area contributed by atoms with Crippen LogP contribution in [-0.2, 0) is 6.18 Å². The van der Waals surface area contributed by atoms with Gasteiger partial charge in [0, 0.05) is 18.9 Å². The molecule has 0 radical (unpaired) electrons. The molecule has 0 aliphatic rings. The van der Waals surface area contributed by atoms with Gasteiger partial charge in [0.15, 0.2) is 5.65 Å². The highest BCUT2D eigenvalue weighted by Crippen LogP contribution is 2.31. The molecule has 180 valence electrons. The maximum absolute atomic E-state index is 13.5. The number of hydrogen-bond acceptors (Lipinski definition) is 4. The topological polar surface area (TPSA) is 80.1 Å². The summed E-state index contributed by atoms with van der Waals surface area (Å²) in [5, 5.41) is 2.66. The van der Waals surface area contributed by atoms with Crippen LogP contribution in [0.1, 0.15) is 24.4 Å². The zero-order chi connectivity index (χ0) is 25.3. The van der Waals surface area contributed by atoms with E-state index in [2.05, 4.69) is 15.3 Å². The van der Waals surface area contributed by atoms with Crippen molar-refractivity contribution >= 4 is 22.8 Å². The summed E-state index contributed by atoms with van der Waals surface area (Å²) in [5.74, 6) is -0.362. The molecular weight excluding hydrogens is 466 g/mol. The van der Waals surface area contributed by atoms with Gasteiger partial charge in [0.05, 0.1) is 22.7 Å². The Morgan fingerprint density at radius 1 is 1.09 bits per heavy atom. The normalized spacial score (nSPS) is 12.4. The average molecular weight is 485 g/mol. The van der Waals surface area contributed by atoms with Gasteiger partial charge < -0.3 is 10.2 Å². The van der Waals surface area contributed by atoms with Crippen LogP contribution in [0.25, 0.3) is 16.7 Å². The number of rotatable bonds is 4. The largest absolute Gasteiger partial charge is 0.416 e. The Balaban J connectivity index is 1.73. The minimum atomic E-state index is -4.56. The molecule has 1 unspecified atom stereocenters. The van der Waals surface area contributed by atoms with Crippen LogP contribution in [0.4, 0.5) is 28.0 Å². The van der Waals surface area contributed by atoms with E-state index < -0.39 is 35.2 Å². The van der Waals surface area contributed by atoms with E-state index in [1.165, 1.54) is 59.1 Å². The number of carbonyl (C=O) groups excluding carboxylic acids is 1. The van der Waals surface area contributed by atoms with Crippen LogP contribution >= 0.6 is 0 Å². The molecule has 0 aliphatic carbocycles. The van der Waals surface area contributed by atoms with E-state index in [0.29, 0.717) is 5.69 Å². The molecule has 1 atom stereocenters. The molecule has 4 rings (SSSR count). The molecule has 7 nitrogen and oxygen atoms in total. The first-order valence-corrected chi connectivity index (χ1v) is 10.4. The molecule has 0 fully saturated rings. The minimum Gasteiger partial charge on any atom is -0.318 e. The van der Waals surface area contributed by atoms with Gasteiger partial charge >= 0.3 is 12.2 Å². The number of halogens is 4. The highest BCUT2D eigenvalue weighted by molar-refractivity contribution is 5.89. The highest BCUT2D eigenvalue weighted by atomic mass is 19.4. The number of nitrogens with zero attached hydrogens (tertiary/aromatic N) is 4. The number of anilines is 1. The first kappa shape index (κ1) is 23.9. The van der Waals surface area contributed by atoms with E-state index in [1.54, 1.807) is 19.1 Å². The predicted octanol–water partition coefficient (Wildman–Crippen LogP) is 5.16. The van der Waals surface area contributed by atoms with Gasteiger partial charge in [0.2, 0.25) is 0 Å². The van der Waals surface area contributed by atoms with Crippen molar-refractivity contribution < 1.29 is 22.4 Å². The summed E-state index contributed by atoms with van der Waals surface area (Å²) in [7, 11) is 1.41.